The van der Waals surface area contributed by atoms with Gasteiger partial charge in [0.15, 0.2) is 5.54 Å². The van der Waals surface area contributed by atoms with Crippen molar-refractivity contribution in [3.05, 3.63) is 63.9 Å². The number of likely N-dealkylation sites (tertiary alicyclic amines) is 1. The van der Waals surface area contributed by atoms with E-state index < -0.39 is 5.54 Å². The number of hydrogen-bond donors (Lipinski definition) is 1. The molecule has 2 saturated heterocycles. The predicted molar refractivity (Wildman–Crippen MR) is 162 cm³/mol. The fraction of sp³-hybridized carbons (Fsp3) is 0.581. The minimum absolute atomic E-state index is 0.0533. The van der Waals surface area contributed by atoms with Crippen molar-refractivity contribution in [2.24, 2.45) is 0 Å². The smallest absolute Gasteiger partial charge is 0.283 e. The first-order valence-corrected chi connectivity index (χ1v) is 15.3. The Morgan fingerprint density at radius 3 is 2.40 bits per heavy atom. The van der Waals surface area contributed by atoms with Crippen LogP contribution in [-0.4, -0.2) is 97.0 Å². The van der Waals surface area contributed by atoms with E-state index in [1.807, 2.05) is 56.4 Å². The molecule has 2 aliphatic rings. The third-order valence-electron chi connectivity index (χ3n) is 9.13. The minimum atomic E-state index is -0.417. The van der Waals surface area contributed by atoms with Gasteiger partial charge >= 0.3 is 0 Å². The number of rotatable bonds is 10. The van der Waals surface area contributed by atoms with Gasteiger partial charge in [-0.25, -0.2) is 0 Å². The number of carbonyl (C=O) groups is 2. The molecule has 1 unspecified atom stereocenters. The largest absolute Gasteiger partial charge is 0.345 e. The molecule has 1 aromatic carbocycles. The van der Waals surface area contributed by atoms with Gasteiger partial charge in [-0.1, -0.05) is 35.3 Å². The lowest BCUT2D eigenvalue weighted by atomic mass is 9.79. The number of halogens is 2. The summed E-state index contributed by atoms with van der Waals surface area (Å²) in [6.07, 6.45) is 9.81. The van der Waals surface area contributed by atoms with Crippen LogP contribution in [0.1, 0.15) is 55.6 Å². The van der Waals surface area contributed by atoms with Crippen molar-refractivity contribution < 1.29 is 14.1 Å². The van der Waals surface area contributed by atoms with Crippen LogP contribution in [0.25, 0.3) is 0 Å². The summed E-state index contributed by atoms with van der Waals surface area (Å²) in [5.41, 5.74) is 1.56. The molecule has 0 bridgehead atoms. The molecule has 40 heavy (non-hydrogen) atoms. The van der Waals surface area contributed by atoms with Crippen LogP contribution in [0.2, 0.25) is 10.0 Å². The second-order valence-corrected chi connectivity index (χ2v) is 12.6. The van der Waals surface area contributed by atoms with Crippen molar-refractivity contribution in [3.63, 3.8) is 0 Å². The molecule has 4 rings (SSSR count). The Hall–Kier alpha value is -2.19. The predicted octanol–water partition coefficient (Wildman–Crippen LogP) is 4.77. The van der Waals surface area contributed by atoms with Gasteiger partial charge in [-0.3, -0.25) is 14.6 Å². The van der Waals surface area contributed by atoms with E-state index in [1.54, 1.807) is 17.3 Å². The standard InChI is InChI=1S/C31H44Cl2N5O2/c1-36(2)30(40)31(12-15-34-16-13-31)38(17-5-4-6-18-38)19-11-26(25-9-10-27(32)28(33)21-25)23-37(3)29(39)20-24-8-7-14-35-22-24/h7-10,14,21-22,26,34H,4-6,11-13,15-20,23H2,1-3H3/q+1. The third kappa shape index (κ3) is 6.81. The average molecular weight is 590 g/mol. The molecular weight excluding hydrogens is 545 g/mol. The van der Waals surface area contributed by atoms with Crippen LogP contribution in [0.15, 0.2) is 42.7 Å². The second kappa shape index (κ2) is 13.6. The highest BCUT2D eigenvalue weighted by atomic mass is 35.5. The van der Waals surface area contributed by atoms with Gasteiger partial charge in [-0.2, -0.15) is 0 Å². The number of quaternary nitrogens is 1. The fourth-order valence-corrected chi connectivity index (χ4v) is 7.21. The number of piperidine rings is 2. The molecule has 0 aliphatic carbocycles. The zero-order valence-electron chi connectivity index (χ0n) is 24.2. The highest BCUT2D eigenvalue weighted by Crippen LogP contribution is 2.40. The number of carbonyl (C=O) groups excluding carboxylic acids is 2. The van der Waals surface area contributed by atoms with E-state index in [9.17, 15) is 9.59 Å². The summed E-state index contributed by atoms with van der Waals surface area (Å²) in [4.78, 5) is 35.0. The molecule has 2 aliphatic heterocycles. The molecule has 9 heteroatoms. The Balaban J connectivity index is 1.62. The number of nitrogens with zero attached hydrogens (tertiary/aromatic N) is 4. The van der Waals surface area contributed by atoms with Crippen LogP contribution >= 0.6 is 23.2 Å². The summed E-state index contributed by atoms with van der Waals surface area (Å²) in [5.74, 6) is 0.367. The van der Waals surface area contributed by atoms with Crippen LogP contribution in [0.4, 0.5) is 0 Å². The van der Waals surface area contributed by atoms with Gasteiger partial charge in [0, 0.05) is 78.4 Å². The van der Waals surface area contributed by atoms with E-state index in [0.29, 0.717) is 23.0 Å². The zero-order chi connectivity index (χ0) is 28.8. The number of likely N-dealkylation sites (N-methyl/N-ethyl adjacent to an activating group) is 2. The zero-order valence-corrected chi connectivity index (χ0v) is 25.7. The van der Waals surface area contributed by atoms with E-state index in [-0.39, 0.29) is 17.7 Å². The molecule has 2 fully saturated rings. The Bertz CT molecular complexity index is 1150. The minimum Gasteiger partial charge on any atom is -0.345 e. The lowest BCUT2D eigenvalue weighted by molar-refractivity contribution is -0.972. The number of nitrogens with one attached hydrogen (secondary N) is 1. The molecule has 1 N–H and O–H groups in total. The summed E-state index contributed by atoms with van der Waals surface area (Å²) in [7, 11) is 5.67. The third-order valence-corrected chi connectivity index (χ3v) is 9.87. The Morgan fingerprint density at radius 1 is 1.05 bits per heavy atom. The van der Waals surface area contributed by atoms with Gasteiger partial charge in [-0.15, -0.1) is 0 Å². The monoisotopic (exact) mass is 588 g/mol. The molecule has 3 heterocycles. The molecule has 1 aromatic heterocycles. The molecule has 0 saturated carbocycles. The normalized spacial score (nSPS) is 19.0. The maximum atomic E-state index is 14.0. The van der Waals surface area contributed by atoms with Gasteiger partial charge in [0.1, 0.15) is 0 Å². The van der Waals surface area contributed by atoms with Gasteiger partial charge in [0.05, 0.1) is 36.1 Å². The van der Waals surface area contributed by atoms with Crippen molar-refractivity contribution in [1.29, 1.82) is 0 Å². The summed E-state index contributed by atoms with van der Waals surface area (Å²) >= 11 is 12.8. The van der Waals surface area contributed by atoms with E-state index in [1.165, 1.54) is 6.42 Å². The maximum absolute atomic E-state index is 14.0. The van der Waals surface area contributed by atoms with Gasteiger partial charge < -0.3 is 19.6 Å². The Morgan fingerprint density at radius 2 is 1.77 bits per heavy atom. The average Bonchev–Trinajstić information content (AvgIpc) is 2.97. The number of amides is 2. The van der Waals surface area contributed by atoms with E-state index in [4.69, 9.17) is 23.2 Å². The van der Waals surface area contributed by atoms with Crippen LogP contribution in [0.5, 0.6) is 0 Å². The van der Waals surface area contributed by atoms with Crippen LogP contribution in [0.3, 0.4) is 0 Å². The maximum Gasteiger partial charge on any atom is 0.283 e. The summed E-state index contributed by atoms with van der Waals surface area (Å²) in [6, 6.07) is 9.61. The first-order chi connectivity index (χ1) is 19.2. The first kappa shape index (κ1) is 30.8. The molecular formula is C31H44Cl2N5O2+. The molecule has 2 amide bonds. The Kier molecular flexibility index (Phi) is 10.5. The van der Waals surface area contributed by atoms with E-state index >= 15 is 0 Å². The molecule has 2 aromatic rings. The lowest BCUT2D eigenvalue weighted by Crippen LogP contribution is -2.74. The first-order valence-electron chi connectivity index (χ1n) is 14.5. The lowest BCUT2D eigenvalue weighted by Gasteiger charge is -2.56. The topological polar surface area (TPSA) is 65.5 Å². The van der Waals surface area contributed by atoms with Gasteiger partial charge in [0.2, 0.25) is 5.91 Å². The van der Waals surface area contributed by atoms with Crippen LogP contribution in [-0.2, 0) is 16.0 Å². The van der Waals surface area contributed by atoms with Crippen molar-refractivity contribution in [1.82, 2.24) is 20.1 Å². The van der Waals surface area contributed by atoms with Gasteiger partial charge in [0.25, 0.3) is 5.91 Å². The highest BCUT2D eigenvalue weighted by Gasteiger charge is 2.57. The van der Waals surface area contributed by atoms with Crippen molar-refractivity contribution in [2.45, 2.75) is 56.4 Å². The second-order valence-electron chi connectivity index (χ2n) is 11.8. The number of hydrogen-bond acceptors (Lipinski definition) is 4. The SMILES string of the molecule is CN(C)C(=O)C1([N+]2(CCC(CN(C)C(=O)Cc3cccnc3)c3ccc(Cl)c(Cl)c3)CCCCC2)CCNCC1. The molecule has 218 valence electrons. The summed E-state index contributed by atoms with van der Waals surface area (Å²) < 4.78 is 0.830. The fourth-order valence-electron chi connectivity index (χ4n) is 6.91. The molecule has 0 radical (unpaired) electrons. The number of pyridine rings is 1. The Labute approximate surface area is 249 Å². The van der Waals surface area contributed by atoms with E-state index in [0.717, 1.165) is 80.4 Å². The highest BCUT2D eigenvalue weighted by molar-refractivity contribution is 6.42. The molecule has 0 spiro atoms. The van der Waals surface area contributed by atoms with Gasteiger partial charge in [-0.05, 0) is 48.6 Å². The molecule has 7 nitrogen and oxygen atoms in total. The van der Waals surface area contributed by atoms with Crippen molar-refractivity contribution in [3.8, 4) is 0 Å². The van der Waals surface area contributed by atoms with E-state index in [2.05, 4.69) is 10.3 Å². The van der Waals surface area contributed by atoms with Crippen LogP contribution < -0.4 is 5.32 Å². The van der Waals surface area contributed by atoms with Crippen LogP contribution in [0, 0.1) is 0 Å². The molecule has 1 atom stereocenters. The van der Waals surface area contributed by atoms with Crippen molar-refractivity contribution >= 4 is 35.0 Å². The van der Waals surface area contributed by atoms with Crippen molar-refractivity contribution in [2.75, 3.05) is 60.4 Å². The summed E-state index contributed by atoms with van der Waals surface area (Å²) in [6.45, 7) is 5.21. The quantitative estimate of drug-likeness (QED) is 0.406. The number of benzene rings is 1. The summed E-state index contributed by atoms with van der Waals surface area (Å²) in [5, 5.41) is 4.54. The number of aromatic nitrogens is 1.